The largest absolute Gasteiger partial charge is 0.435 e. The number of halogens is 3. The topological polar surface area (TPSA) is 122 Å². The lowest BCUT2D eigenvalue weighted by molar-refractivity contribution is -0.141. The Morgan fingerprint density at radius 2 is 1.80 bits per heavy atom. The van der Waals surface area contributed by atoms with E-state index in [1.54, 1.807) is 4.68 Å². The fraction of sp³-hybridized carbons (Fsp3) is 0.600. The standard InChI is InChI=1S/C30H40F3N7O4S2/c1-19(2)12-16-40-20-8-9-22-21(17-20)28(36-37(22)3)29(42)34-13-6-15-39(14-5-7-26(40)41)46(43,44)27-11-10-24(45-27)23-18-25(30(31,32)33)35-38(23)4/h10-11,18-20H,5-9,12-17H2,1-4H3,(H,34,42). The van der Waals surface area contributed by atoms with Crippen LogP contribution in [0.4, 0.5) is 13.2 Å². The number of sulfonamides is 1. The molecule has 0 spiro atoms. The first-order valence-corrected chi connectivity index (χ1v) is 17.8. The van der Waals surface area contributed by atoms with Crippen molar-refractivity contribution in [2.45, 2.75) is 75.2 Å². The molecule has 252 valence electrons. The molecule has 2 bridgehead atoms. The Balaban J connectivity index is 1.40. The van der Waals surface area contributed by atoms with Crippen LogP contribution in [0.25, 0.3) is 10.6 Å². The van der Waals surface area contributed by atoms with Crippen LogP contribution in [0.2, 0.25) is 0 Å². The highest BCUT2D eigenvalue weighted by Crippen LogP contribution is 2.36. The average molecular weight is 684 g/mol. The molecule has 1 unspecified atom stereocenters. The van der Waals surface area contributed by atoms with Gasteiger partial charge in [0, 0.05) is 64.0 Å². The van der Waals surface area contributed by atoms with Crippen LogP contribution < -0.4 is 5.32 Å². The van der Waals surface area contributed by atoms with Crippen LogP contribution >= 0.6 is 11.3 Å². The SMILES string of the molecule is CC(C)CCN1C(=O)CCCN(S(=O)(=O)c2ccc(-c3cc(C(F)(F)F)nn3C)s2)CCCNC(=O)c2nn(C)c3c2CC1CC3. The third-order valence-electron chi connectivity index (χ3n) is 8.62. The van der Waals surface area contributed by atoms with E-state index in [-0.39, 0.29) is 53.8 Å². The molecule has 0 aromatic carbocycles. The van der Waals surface area contributed by atoms with Gasteiger partial charge in [-0.3, -0.25) is 19.0 Å². The van der Waals surface area contributed by atoms with Crippen LogP contribution in [0.1, 0.15) is 73.4 Å². The molecule has 11 nitrogen and oxygen atoms in total. The van der Waals surface area contributed by atoms with E-state index >= 15 is 0 Å². The zero-order chi connectivity index (χ0) is 33.4. The number of aromatic nitrogens is 4. The van der Waals surface area contributed by atoms with Crippen molar-refractivity contribution >= 4 is 33.2 Å². The van der Waals surface area contributed by atoms with Gasteiger partial charge in [-0.25, -0.2) is 8.42 Å². The van der Waals surface area contributed by atoms with E-state index in [9.17, 15) is 31.2 Å². The number of carbonyl (C=O) groups is 2. The Morgan fingerprint density at radius 1 is 1.07 bits per heavy atom. The van der Waals surface area contributed by atoms with E-state index in [0.29, 0.717) is 48.7 Å². The van der Waals surface area contributed by atoms with Crippen LogP contribution in [-0.2, 0) is 47.9 Å². The van der Waals surface area contributed by atoms with Crippen molar-refractivity contribution in [2.75, 3.05) is 26.2 Å². The quantitative estimate of drug-likeness (QED) is 0.415. The third kappa shape index (κ3) is 7.18. The van der Waals surface area contributed by atoms with Gasteiger partial charge in [0.1, 0.15) is 4.21 Å². The molecule has 0 saturated heterocycles. The lowest BCUT2D eigenvalue weighted by Gasteiger charge is -2.35. The van der Waals surface area contributed by atoms with Gasteiger partial charge in [-0.05, 0) is 62.6 Å². The summed E-state index contributed by atoms with van der Waals surface area (Å²) in [4.78, 5) is 29.2. The highest BCUT2D eigenvalue weighted by atomic mass is 32.2. The molecule has 2 aliphatic rings. The molecular formula is C30H40F3N7O4S2. The smallest absolute Gasteiger partial charge is 0.351 e. The van der Waals surface area contributed by atoms with Crippen LogP contribution in [0, 0.1) is 5.92 Å². The van der Waals surface area contributed by atoms with Crippen molar-refractivity contribution < 1.29 is 31.2 Å². The lowest BCUT2D eigenvalue weighted by atomic mass is 9.89. The molecule has 4 heterocycles. The van der Waals surface area contributed by atoms with E-state index in [0.717, 1.165) is 46.2 Å². The predicted octanol–water partition coefficient (Wildman–Crippen LogP) is 4.24. The van der Waals surface area contributed by atoms with Crippen molar-refractivity contribution in [3.63, 3.8) is 0 Å². The molecule has 46 heavy (non-hydrogen) atoms. The summed E-state index contributed by atoms with van der Waals surface area (Å²) in [5.74, 6) is -0.00329. The maximum absolute atomic E-state index is 13.9. The molecular weight excluding hydrogens is 644 g/mol. The maximum atomic E-state index is 13.9. The van der Waals surface area contributed by atoms with Crippen molar-refractivity contribution in [3.8, 4) is 10.6 Å². The minimum atomic E-state index is -4.63. The molecule has 3 aromatic rings. The van der Waals surface area contributed by atoms with Crippen molar-refractivity contribution in [1.29, 1.82) is 0 Å². The van der Waals surface area contributed by atoms with Crippen molar-refractivity contribution in [1.82, 2.24) is 34.1 Å². The number of nitrogens with one attached hydrogen (secondary N) is 1. The Labute approximate surface area is 270 Å². The van der Waals surface area contributed by atoms with E-state index in [1.807, 2.05) is 11.9 Å². The van der Waals surface area contributed by atoms with Gasteiger partial charge >= 0.3 is 6.18 Å². The molecule has 1 N–H and O–H groups in total. The van der Waals surface area contributed by atoms with Gasteiger partial charge in [-0.1, -0.05) is 13.8 Å². The first-order chi connectivity index (χ1) is 21.7. The number of aryl methyl sites for hydroxylation is 2. The number of rotatable bonds is 6. The van der Waals surface area contributed by atoms with E-state index < -0.39 is 21.9 Å². The van der Waals surface area contributed by atoms with Crippen LogP contribution in [0.15, 0.2) is 22.4 Å². The Hall–Kier alpha value is -3.24. The van der Waals surface area contributed by atoms with Crippen molar-refractivity contribution in [3.05, 3.63) is 40.8 Å². The molecule has 0 saturated carbocycles. The number of hydrogen-bond donors (Lipinski definition) is 1. The lowest BCUT2D eigenvalue weighted by Crippen LogP contribution is -2.44. The van der Waals surface area contributed by atoms with Gasteiger partial charge in [0.2, 0.25) is 5.91 Å². The predicted molar refractivity (Wildman–Crippen MR) is 167 cm³/mol. The number of nitrogens with zero attached hydrogens (tertiary/aromatic N) is 6. The monoisotopic (exact) mass is 683 g/mol. The average Bonchev–Trinajstić information content (AvgIpc) is 3.71. The van der Waals surface area contributed by atoms with Gasteiger partial charge in [0.15, 0.2) is 11.4 Å². The van der Waals surface area contributed by atoms with Crippen molar-refractivity contribution in [2.24, 2.45) is 20.0 Å². The Bertz CT molecular complexity index is 1690. The Morgan fingerprint density at radius 3 is 2.50 bits per heavy atom. The number of fused-ring (bicyclic) bond motifs is 1. The fourth-order valence-electron chi connectivity index (χ4n) is 6.13. The number of thiophene rings is 1. The third-order valence-corrected chi connectivity index (χ3v) is 12.1. The summed E-state index contributed by atoms with van der Waals surface area (Å²) in [6.45, 7) is 5.14. The molecule has 0 fully saturated rings. The molecule has 2 amide bonds. The summed E-state index contributed by atoms with van der Waals surface area (Å²) in [6, 6.07) is 3.66. The molecule has 5 rings (SSSR count). The van der Waals surface area contributed by atoms with E-state index in [1.165, 1.54) is 23.5 Å². The number of carbonyl (C=O) groups excluding carboxylic acids is 2. The Kier molecular flexibility index (Phi) is 9.99. The van der Waals surface area contributed by atoms with Gasteiger partial charge in [-0.2, -0.15) is 27.7 Å². The summed E-state index contributed by atoms with van der Waals surface area (Å²) in [7, 11) is -0.877. The van der Waals surface area contributed by atoms with Crippen LogP contribution in [-0.4, -0.2) is 81.2 Å². The van der Waals surface area contributed by atoms with E-state index in [2.05, 4.69) is 29.4 Å². The molecule has 0 radical (unpaired) electrons. The molecule has 1 aliphatic heterocycles. The maximum Gasteiger partial charge on any atom is 0.435 e. The zero-order valence-corrected chi connectivity index (χ0v) is 28.1. The second-order valence-electron chi connectivity index (χ2n) is 12.3. The number of hydrogen-bond acceptors (Lipinski definition) is 7. The van der Waals surface area contributed by atoms with E-state index in [4.69, 9.17) is 0 Å². The molecule has 1 atom stereocenters. The van der Waals surface area contributed by atoms with Gasteiger partial charge in [-0.15, -0.1) is 11.3 Å². The second kappa shape index (κ2) is 13.5. The minimum Gasteiger partial charge on any atom is -0.351 e. The summed E-state index contributed by atoms with van der Waals surface area (Å²) in [5, 5.41) is 10.9. The van der Waals surface area contributed by atoms with Gasteiger partial charge in [0.05, 0.1) is 10.6 Å². The summed E-state index contributed by atoms with van der Waals surface area (Å²) in [5.41, 5.74) is 1.29. The van der Waals surface area contributed by atoms with Gasteiger partial charge in [0.25, 0.3) is 15.9 Å². The number of alkyl halides is 3. The highest BCUT2D eigenvalue weighted by Gasteiger charge is 2.36. The first-order valence-electron chi connectivity index (χ1n) is 15.5. The molecule has 16 heteroatoms. The van der Waals surface area contributed by atoms with Crippen LogP contribution in [0.5, 0.6) is 0 Å². The van der Waals surface area contributed by atoms with Crippen LogP contribution in [0.3, 0.4) is 0 Å². The second-order valence-corrected chi connectivity index (χ2v) is 15.6. The summed E-state index contributed by atoms with van der Waals surface area (Å²) < 4.78 is 71.5. The number of amides is 2. The normalized spacial score (nSPS) is 19.3. The fourth-order valence-corrected chi connectivity index (χ4v) is 9.16. The molecule has 3 aromatic heterocycles. The molecule has 1 aliphatic carbocycles. The minimum absolute atomic E-state index is 0.0271. The summed E-state index contributed by atoms with van der Waals surface area (Å²) in [6.07, 6.45) is -1.05. The first kappa shape index (κ1) is 34.1. The van der Waals surface area contributed by atoms with Gasteiger partial charge < -0.3 is 10.2 Å². The zero-order valence-electron chi connectivity index (χ0n) is 26.4. The highest BCUT2D eigenvalue weighted by molar-refractivity contribution is 7.91. The summed E-state index contributed by atoms with van der Waals surface area (Å²) >= 11 is 0.863.